The Kier molecular flexibility index (Phi) is 7.35. The Morgan fingerprint density at radius 2 is 1.76 bits per heavy atom. The summed E-state index contributed by atoms with van der Waals surface area (Å²) in [6, 6.07) is 16.7. The van der Waals surface area contributed by atoms with Crippen LogP contribution in [0.15, 0.2) is 64.5 Å². The molecule has 5 nitrogen and oxygen atoms in total. The molecule has 170 valence electrons. The van der Waals surface area contributed by atoms with Gasteiger partial charge in [0.05, 0.1) is 16.9 Å². The van der Waals surface area contributed by atoms with Gasteiger partial charge in [0.1, 0.15) is 0 Å². The minimum absolute atomic E-state index is 0.00519. The second-order valence-electron chi connectivity index (χ2n) is 8.44. The van der Waals surface area contributed by atoms with Gasteiger partial charge in [-0.05, 0) is 30.4 Å². The van der Waals surface area contributed by atoms with Crippen molar-refractivity contribution in [2.75, 3.05) is 6.54 Å². The smallest absolute Gasteiger partial charge is 0.220 e. The first-order valence-corrected chi connectivity index (χ1v) is 12.2. The number of aromatic nitrogens is 2. The molecule has 0 atom stereocenters. The molecule has 6 heteroatoms. The van der Waals surface area contributed by atoms with E-state index in [0.717, 1.165) is 34.0 Å². The number of oxazole rings is 1. The van der Waals surface area contributed by atoms with Crippen LogP contribution in [0.25, 0.3) is 22.6 Å². The Morgan fingerprint density at radius 1 is 1.03 bits per heavy atom. The summed E-state index contributed by atoms with van der Waals surface area (Å²) in [4.78, 5) is 21.1. The zero-order chi connectivity index (χ0) is 23.2. The molecule has 4 aromatic rings. The Balaban J connectivity index is 1.21. The largest absolute Gasteiger partial charge is 0.441 e. The van der Waals surface area contributed by atoms with Gasteiger partial charge in [-0.1, -0.05) is 62.4 Å². The van der Waals surface area contributed by atoms with Crippen molar-refractivity contribution < 1.29 is 9.21 Å². The average Bonchev–Trinajstić information content (AvgIpc) is 3.47. The SMILES string of the molecule is Cc1nc(-c2ccc(CCNC(=O)CCc3ncc(-c4ccc(C(C)C)cc4)o3)cc2)cs1. The predicted molar refractivity (Wildman–Crippen MR) is 133 cm³/mol. The number of rotatable bonds is 9. The number of carbonyl (C=O) groups excluding carboxylic acids is 1. The standard InChI is InChI=1S/C27H29N3O2S/c1-18(2)21-8-10-23(11-9-21)25-16-29-27(32-25)13-12-26(31)28-15-14-20-4-6-22(7-5-20)24-17-33-19(3)30-24/h4-11,16-18H,12-15H2,1-3H3,(H,28,31). The van der Waals surface area contributed by atoms with E-state index in [1.165, 1.54) is 11.1 Å². The van der Waals surface area contributed by atoms with E-state index >= 15 is 0 Å². The molecule has 1 N–H and O–H groups in total. The fourth-order valence-corrected chi connectivity index (χ4v) is 4.21. The maximum atomic E-state index is 12.2. The number of hydrogen-bond acceptors (Lipinski definition) is 5. The van der Waals surface area contributed by atoms with E-state index in [-0.39, 0.29) is 5.91 Å². The molecular formula is C27H29N3O2S. The van der Waals surface area contributed by atoms with Crippen LogP contribution >= 0.6 is 11.3 Å². The number of aryl methyl sites for hydroxylation is 2. The Bertz CT molecular complexity index is 1190. The van der Waals surface area contributed by atoms with Crippen molar-refractivity contribution in [3.8, 4) is 22.6 Å². The van der Waals surface area contributed by atoms with Crippen LogP contribution in [0.3, 0.4) is 0 Å². The zero-order valence-corrected chi connectivity index (χ0v) is 20.1. The fraction of sp³-hybridized carbons (Fsp3) is 0.296. The van der Waals surface area contributed by atoms with Crippen molar-refractivity contribution in [3.05, 3.63) is 82.1 Å². The van der Waals surface area contributed by atoms with Crippen LogP contribution in [-0.2, 0) is 17.6 Å². The van der Waals surface area contributed by atoms with Crippen molar-refractivity contribution in [2.45, 2.75) is 46.0 Å². The summed E-state index contributed by atoms with van der Waals surface area (Å²) < 4.78 is 5.85. The molecule has 0 saturated carbocycles. The van der Waals surface area contributed by atoms with E-state index in [9.17, 15) is 4.79 Å². The third-order valence-electron chi connectivity index (χ3n) is 5.59. The molecule has 0 bridgehead atoms. The van der Waals surface area contributed by atoms with Gasteiger partial charge < -0.3 is 9.73 Å². The normalized spacial score (nSPS) is 11.2. The highest BCUT2D eigenvalue weighted by atomic mass is 32.1. The van der Waals surface area contributed by atoms with Gasteiger partial charge in [-0.2, -0.15) is 0 Å². The van der Waals surface area contributed by atoms with Gasteiger partial charge in [-0.3, -0.25) is 4.79 Å². The summed E-state index contributed by atoms with van der Waals surface area (Å²) in [5.41, 5.74) is 5.61. The minimum Gasteiger partial charge on any atom is -0.441 e. The first-order valence-electron chi connectivity index (χ1n) is 11.3. The van der Waals surface area contributed by atoms with Gasteiger partial charge in [0.15, 0.2) is 11.7 Å². The molecule has 0 aliphatic rings. The first kappa shape index (κ1) is 22.9. The molecule has 0 aliphatic heterocycles. The topological polar surface area (TPSA) is 68.0 Å². The van der Waals surface area contributed by atoms with Crippen LogP contribution in [-0.4, -0.2) is 22.4 Å². The summed E-state index contributed by atoms with van der Waals surface area (Å²) in [6.45, 7) is 6.96. The zero-order valence-electron chi connectivity index (χ0n) is 19.3. The van der Waals surface area contributed by atoms with Gasteiger partial charge in [0.2, 0.25) is 5.91 Å². The van der Waals surface area contributed by atoms with Gasteiger partial charge in [-0.25, -0.2) is 9.97 Å². The van der Waals surface area contributed by atoms with E-state index in [1.54, 1.807) is 17.5 Å². The highest BCUT2D eigenvalue weighted by Gasteiger charge is 2.10. The lowest BCUT2D eigenvalue weighted by molar-refractivity contribution is -0.121. The van der Waals surface area contributed by atoms with E-state index in [4.69, 9.17) is 4.42 Å². The lowest BCUT2D eigenvalue weighted by Gasteiger charge is -2.06. The number of thiazole rings is 1. The van der Waals surface area contributed by atoms with Crippen molar-refractivity contribution in [1.29, 1.82) is 0 Å². The monoisotopic (exact) mass is 459 g/mol. The number of amides is 1. The molecule has 0 aliphatic carbocycles. The number of hydrogen-bond donors (Lipinski definition) is 1. The van der Waals surface area contributed by atoms with Gasteiger partial charge in [0.25, 0.3) is 0 Å². The highest BCUT2D eigenvalue weighted by molar-refractivity contribution is 7.09. The summed E-state index contributed by atoms with van der Waals surface area (Å²) in [7, 11) is 0. The maximum absolute atomic E-state index is 12.2. The number of nitrogens with one attached hydrogen (secondary N) is 1. The molecule has 33 heavy (non-hydrogen) atoms. The van der Waals surface area contributed by atoms with Crippen LogP contribution in [0.5, 0.6) is 0 Å². The molecule has 2 aromatic heterocycles. The lowest BCUT2D eigenvalue weighted by Crippen LogP contribution is -2.25. The van der Waals surface area contributed by atoms with Crippen molar-refractivity contribution in [1.82, 2.24) is 15.3 Å². The lowest BCUT2D eigenvalue weighted by atomic mass is 10.0. The molecule has 0 saturated heterocycles. The van der Waals surface area contributed by atoms with E-state index in [2.05, 4.69) is 83.0 Å². The molecule has 4 rings (SSSR count). The summed E-state index contributed by atoms with van der Waals surface area (Å²) in [5, 5.41) is 6.13. The van der Waals surface area contributed by atoms with Gasteiger partial charge >= 0.3 is 0 Å². The number of benzene rings is 2. The minimum atomic E-state index is 0.00519. The summed E-state index contributed by atoms with van der Waals surface area (Å²) >= 11 is 1.66. The number of nitrogens with zero attached hydrogens (tertiary/aromatic N) is 2. The van der Waals surface area contributed by atoms with Crippen LogP contribution < -0.4 is 5.32 Å². The van der Waals surface area contributed by atoms with E-state index in [0.29, 0.717) is 31.2 Å². The van der Waals surface area contributed by atoms with Crippen LogP contribution in [0.4, 0.5) is 0 Å². The third-order valence-corrected chi connectivity index (χ3v) is 6.36. The van der Waals surface area contributed by atoms with Crippen LogP contribution in [0.1, 0.15) is 48.2 Å². The Morgan fingerprint density at radius 3 is 2.42 bits per heavy atom. The highest BCUT2D eigenvalue weighted by Crippen LogP contribution is 2.24. The van der Waals surface area contributed by atoms with Crippen LogP contribution in [0.2, 0.25) is 0 Å². The summed E-state index contributed by atoms with van der Waals surface area (Å²) in [5.74, 6) is 1.82. The van der Waals surface area contributed by atoms with Gasteiger partial charge in [-0.15, -0.1) is 11.3 Å². The van der Waals surface area contributed by atoms with Gasteiger partial charge in [0, 0.05) is 35.9 Å². The third kappa shape index (κ3) is 6.17. The molecule has 0 unspecified atom stereocenters. The van der Waals surface area contributed by atoms with E-state index in [1.807, 2.05) is 6.92 Å². The van der Waals surface area contributed by atoms with Crippen molar-refractivity contribution in [3.63, 3.8) is 0 Å². The molecule has 0 fully saturated rings. The average molecular weight is 460 g/mol. The molecule has 0 radical (unpaired) electrons. The Hall–Kier alpha value is -3.25. The summed E-state index contributed by atoms with van der Waals surface area (Å²) in [6.07, 6.45) is 3.36. The molecule has 0 spiro atoms. The maximum Gasteiger partial charge on any atom is 0.220 e. The molecular weight excluding hydrogens is 430 g/mol. The first-order chi connectivity index (χ1) is 16.0. The van der Waals surface area contributed by atoms with E-state index < -0.39 is 0 Å². The fourth-order valence-electron chi connectivity index (χ4n) is 3.58. The van der Waals surface area contributed by atoms with Crippen LogP contribution in [0, 0.1) is 6.92 Å². The van der Waals surface area contributed by atoms with Crippen molar-refractivity contribution >= 4 is 17.2 Å². The Labute approximate surface area is 198 Å². The molecule has 2 heterocycles. The molecule has 2 aromatic carbocycles. The number of carbonyl (C=O) groups is 1. The van der Waals surface area contributed by atoms with Crippen molar-refractivity contribution in [2.24, 2.45) is 0 Å². The molecule has 1 amide bonds. The predicted octanol–water partition coefficient (Wildman–Crippen LogP) is 6.19. The second kappa shape index (κ2) is 10.6. The quantitative estimate of drug-likeness (QED) is 0.324. The second-order valence-corrected chi connectivity index (χ2v) is 9.51.